The minimum absolute atomic E-state index is 0.656. The Morgan fingerprint density at radius 1 is 1.55 bits per heavy atom. The molecule has 0 unspecified atom stereocenters. The number of carbonyl (C=O) groups excluding carboxylic acids is 1. The van der Waals surface area contributed by atoms with E-state index in [-0.39, 0.29) is 0 Å². The number of rotatable bonds is 2. The standard InChI is InChI=1S/C8H10N2O/c1-10(2)8-5-7(6-11)3-4-9-8/h3-6H,1-2H3. The lowest BCUT2D eigenvalue weighted by Gasteiger charge is -2.10. The number of anilines is 1. The van der Waals surface area contributed by atoms with Crippen molar-refractivity contribution in [2.45, 2.75) is 0 Å². The summed E-state index contributed by atoms with van der Waals surface area (Å²) < 4.78 is 0. The molecular formula is C8H10N2O. The van der Waals surface area contributed by atoms with E-state index in [4.69, 9.17) is 0 Å². The van der Waals surface area contributed by atoms with Crippen molar-refractivity contribution in [2.24, 2.45) is 0 Å². The zero-order valence-corrected chi connectivity index (χ0v) is 6.61. The molecule has 0 bridgehead atoms. The zero-order chi connectivity index (χ0) is 8.27. The number of pyridine rings is 1. The van der Waals surface area contributed by atoms with Crippen LogP contribution in [0.5, 0.6) is 0 Å². The van der Waals surface area contributed by atoms with Crippen LogP contribution in [0.4, 0.5) is 5.82 Å². The third-order valence-electron chi connectivity index (χ3n) is 1.36. The van der Waals surface area contributed by atoms with Crippen LogP contribution in [0.2, 0.25) is 0 Å². The lowest BCUT2D eigenvalue weighted by molar-refractivity contribution is 0.112. The van der Waals surface area contributed by atoms with Gasteiger partial charge in [-0.1, -0.05) is 0 Å². The van der Waals surface area contributed by atoms with Gasteiger partial charge in [-0.3, -0.25) is 4.79 Å². The fourth-order valence-corrected chi connectivity index (χ4v) is 0.752. The fraction of sp³-hybridized carbons (Fsp3) is 0.250. The molecule has 11 heavy (non-hydrogen) atoms. The highest BCUT2D eigenvalue weighted by Gasteiger charge is 1.96. The number of hydrogen-bond donors (Lipinski definition) is 0. The molecule has 1 heterocycles. The Bertz CT molecular complexity index is 258. The Morgan fingerprint density at radius 2 is 2.27 bits per heavy atom. The summed E-state index contributed by atoms with van der Waals surface area (Å²) in [6.45, 7) is 0. The molecule has 1 rings (SSSR count). The quantitative estimate of drug-likeness (QED) is 0.589. The molecule has 1 aromatic rings. The second-order valence-corrected chi connectivity index (χ2v) is 2.46. The molecule has 0 aromatic carbocycles. The van der Waals surface area contributed by atoms with Crippen LogP contribution in [0, 0.1) is 0 Å². The van der Waals surface area contributed by atoms with Crippen LogP contribution in [-0.4, -0.2) is 25.4 Å². The number of nitrogens with zero attached hydrogens (tertiary/aromatic N) is 2. The molecule has 0 aliphatic rings. The van der Waals surface area contributed by atoms with Gasteiger partial charge in [0.05, 0.1) is 0 Å². The fourth-order valence-electron chi connectivity index (χ4n) is 0.752. The van der Waals surface area contributed by atoms with Crippen molar-refractivity contribution < 1.29 is 4.79 Å². The Balaban J connectivity index is 3.00. The minimum atomic E-state index is 0.656. The van der Waals surface area contributed by atoms with E-state index in [9.17, 15) is 4.79 Å². The molecule has 1 aromatic heterocycles. The van der Waals surface area contributed by atoms with Crippen molar-refractivity contribution in [3.8, 4) is 0 Å². The highest BCUT2D eigenvalue weighted by Crippen LogP contribution is 2.06. The van der Waals surface area contributed by atoms with Gasteiger partial charge in [0, 0.05) is 25.9 Å². The van der Waals surface area contributed by atoms with Crippen molar-refractivity contribution >= 4 is 12.1 Å². The zero-order valence-electron chi connectivity index (χ0n) is 6.61. The molecule has 3 heteroatoms. The van der Waals surface area contributed by atoms with Gasteiger partial charge in [-0.05, 0) is 12.1 Å². The lowest BCUT2D eigenvalue weighted by Crippen LogP contribution is -2.10. The second-order valence-electron chi connectivity index (χ2n) is 2.46. The molecule has 0 aliphatic heterocycles. The molecule has 0 amide bonds. The minimum Gasteiger partial charge on any atom is -0.363 e. The number of hydrogen-bond acceptors (Lipinski definition) is 3. The number of aldehydes is 1. The van der Waals surface area contributed by atoms with E-state index in [0.717, 1.165) is 12.1 Å². The van der Waals surface area contributed by atoms with Crippen LogP contribution >= 0.6 is 0 Å². The van der Waals surface area contributed by atoms with Crippen LogP contribution < -0.4 is 4.90 Å². The van der Waals surface area contributed by atoms with Gasteiger partial charge in [-0.2, -0.15) is 0 Å². The van der Waals surface area contributed by atoms with Crippen LogP contribution in [0.3, 0.4) is 0 Å². The Morgan fingerprint density at radius 3 is 2.82 bits per heavy atom. The third-order valence-corrected chi connectivity index (χ3v) is 1.36. The Hall–Kier alpha value is -1.38. The molecule has 0 saturated heterocycles. The number of aromatic nitrogens is 1. The molecule has 0 fully saturated rings. The average Bonchev–Trinajstić information content (AvgIpc) is 2.05. The van der Waals surface area contributed by atoms with Crippen molar-refractivity contribution in [3.05, 3.63) is 23.9 Å². The van der Waals surface area contributed by atoms with Gasteiger partial charge in [0.1, 0.15) is 12.1 Å². The van der Waals surface area contributed by atoms with Crippen molar-refractivity contribution in [1.82, 2.24) is 4.98 Å². The Labute approximate surface area is 65.7 Å². The van der Waals surface area contributed by atoms with E-state index in [0.29, 0.717) is 5.56 Å². The van der Waals surface area contributed by atoms with E-state index in [2.05, 4.69) is 4.98 Å². The largest absolute Gasteiger partial charge is 0.363 e. The summed E-state index contributed by atoms with van der Waals surface area (Å²) in [6, 6.07) is 3.42. The first-order valence-electron chi connectivity index (χ1n) is 3.32. The van der Waals surface area contributed by atoms with Gasteiger partial charge in [0.15, 0.2) is 0 Å². The van der Waals surface area contributed by atoms with Crippen LogP contribution in [-0.2, 0) is 0 Å². The molecule has 0 aliphatic carbocycles. The molecular weight excluding hydrogens is 140 g/mol. The Kier molecular flexibility index (Phi) is 2.21. The van der Waals surface area contributed by atoms with E-state index in [1.54, 1.807) is 18.3 Å². The SMILES string of the molecule is CN(C)c1cc(C=O)ccn1. The normalized spacial score (nSPS) is 9.27. The summed E-state index contributed by atoms with van der Waals surface area (Å²) >= 11 is 0. The molecule has 0 saturated carbocycles. The highest BCUT2D eigenvalue weighted by molar-refractivity contribution is 5.76. The van der Waals surface area contributed by atoms with Gasteiger partial charge in [0.2, 0.25) is 0 Å². The first-order valence-corrected chi connectivity index (χ1v) is 3.32. The van der Waals surface area contributed by atoms with Crippen molar-refractivity contribution in [3.63, 3.8) is 0 Å². The first kappa shape index (κ1) is 7.72. The molecule has 3 nitrogen and oxygen atoms in total. The maximum atomic E-state index is 10.3. The van der Waals surface area contributed by atoms with Crippen LogP contribution in [0.25, 0.3) is 0 Å². The highest BCUT2D eigenvalue weighted by atomic mass is 16.1. The molecule has 0 atom stereocenters. The second kappa shape index (κ2) is 3.14. The predicted molar refractivity (Wildman–Crippen MR) is 44.0 cm³/mol. The maximum absolute atomic E-state index is 10.3. The van der Waals surface area contributed by atoms with E-state index < -0.39 is 0 Å². The monoisotopic (exact) mass is 150 g/mol. The molecule has 58 valence electrons. The summed E-state index contributed by atoms with van der Waals surface area (Å²) in [5.74, 6) is 0.801. The summed E-state index contributed by atoms with van der Waals surface area (Å²) in [7, 11) is 3.77. The third kappa shape index (κ3) is 1.77. The summed E-state index contributed by atoms with van der Waals surface area (Å²) in [6.07, 6.45) is 2.44. The topological polar surface area (TPSA) is 33.2 Å². The van der Waals surface area contributed by atoms with Gasteiger partial charge in [0.25, 0.3) is 0 Å². The summed E-state index contributed by atoms with van der Waals surface area (Å²) in [5, 5.41) is 0. The smallest absolute Gasteiger partial charge is 0.150 e. The van der Waals surface area contributed by atoms with E-state index in [1.807, 2.05) is 19.0 Å². The summed E-state index contributed by atoms with van der Waals surface area (Å²) in [5.41, 5.74) is 0.656. The van der Waals surface area contributed by atoms with Crippen LogP contribution in [0.15, 0.2) is 18.3 Å². The summed E-state index contributed by atoms with van der Waals surface area (Å²) in [4.78, 5) is 16.2. The molecule has 0 spiro atoms. The maximum Gasteiger partial charge on any atom is 0.150 e. The molecule has 0 N–H and O–H groups in total. The van der Waals surface area contributed by atoms with E-state index in [1.165, 1.54) is 0 Å². The van der Waals surface area contributed by atoms with Gasteiger partial charge in [-0.15, -0.1) is 0 Å². The van der Waals surface area contributed by atoms with E-state index >= 15 is 0 Å². The molecule has 0 radical (unpaired) electrons. The van der Waals surface area contributed by atoms with Crippen molar-refractivity contribution in [1.29, 1.82) is 0 Å². The predicted octanol–water partition coefficient (Wildman–Crippen LogP) is 0.960. The average molecular weight is 150 g/mol. The van der Waals surface area contributed by atoms with Crippen molar-refractivity contribution in [2.75, 3.05) is 19.0 Å². The van der Waals surface area contributed by atoms with Crippen LogP contribution in [0.1, 0.15) is 10.4 Å². The van der Waals surface area contributed by atoms with Gasteiger partial charge < -0.3 is 4.90 Å². The lowest BCUT2D eigenvalue weighted by atomic mass is 10.3. The van der Waals surface area contributed by atoms with Gasteiger partial charge in [-0.25, -0.2) is 4.98 Å². The first-order chi connectivity index (χ1) is 5.24. The number of carbonyl (C=O) groups is 1. The van der Waals surface area contributed by atoms with Gasteiger partial charge >= 0.3 is 0 Å².